The lowest BCUT2D eigenvalue weighted by molar-refractivity contribution is 0.627. The standard InChI is InChI=1S/C13H12BrFN2/c1-8-6-10(15)3-5-12(8)17-13-7-9(14)2-4-11(13)16/h2-7,17H,16H2,1H3. The molecular formula is C13H12BrFN2. The van der Waals surface area contributed by atoms with E-state index >= 15 is 0 Å². The Labute approximate surface area is 108 Å². The van der Waals surface area contributed by atoms with Crippen LogP contribution in [0.1, 0.15) is 5.56 Å². The van der Waals surface area contributed by atoms with Crippen LogP contribution in [0.15, 0.2) is 40.9 Å². The third kappa shape index (κ3) is 2.77. The molecule has 2 aromatic rings. The van der Waals surface area contributed by atoms with Crippen LogP contribution >= 0.6 is 15.9 Å². The van der Waals surface area contributed by atoms with Crippen molar-refractivity contribution in [1.82, 2.24) is 0 Å². The molecule has 17 heavy (non-hydrogen) atoms. The molecule has 0 unspecified atom stereocenters. The van der Waals surface area contributed by atoms with Gasteiger partial charge < -0.3 is 11.1 Å². The first-order valence-electron chi connectivity index (χ1n) is 5.14. The van der Waals surface area contributed by atoms with Gasteiger partial charge in [0.2, 0.25) is 0 Å². The van der Waals surface area contributed by atoms with Crippen LogP contribution in [0, 0.1) is 12.7 Å². The van der Waals surface area contributed by atoms with Gasteiger partial charge in [-0.1, -0.05) is 15.9 Å². The number of nitrogens with two attached hydrogens (primary N) is 1. The van der Waals surface area contributed by atoms with Crippen LogP contribution in [-0.2, 0) is 0 Å². The van der Waals surface area contributed by atoms with Crippen LogP contribution in [0.3, 0.4) is 0 Å². The zero-order valence-corrected chi connectivity index (χ0v) is 10.9. The molecule has 0 fully saturated rings. The van der Waals surface area contributed by atoms with E-state index < -0.39 is 0 Å². The maximum absolute atomic E-state index is 13.0. The highest BCUT2D eigenvalue weighted by molar-refractivity contribution is 9.10. The van der Waals surface area contributed by atoms with Gasteiger partial charge in [-0.2, -0.15) is 0 Å². The first-order valence-corrected chi connectivity index (χ1v) is 5.94. The molecule has 0 bridgehead atoms. The molecule has 0 amide bonds. The SMILES string of the molecule is Cc1cc(F)ccc1Nc1cc(Br)ccc1N. The number of nitrogens with one attached hydrogen (secondary N) is 1. The minimum atomic E-state index is -0.240. The summed E-state index contributed by atoms with van der Waals surface area (Å²) in [6.45, 7) is 1.85. The molecule has 3 N–H and O–H groups in total. The molecule has 0 heterocycles. The molecule has 2 aromatic carbocycles. The quantitative estimate of drug-likeness (QED) is 0.814. The van der Waals surface area contributed by atoms with Crippen LogP contribution < -0.4 is 11.1 Å². The minimum Gasteiger partial charge on any atom is -0.397 e. The highest BCUT2D eigenvalue weighted by Gasteiger charge is 2.04. The van der Waals surface area contributed by atoms with Gasteiger partial charge in [0.1, 0.15) is 5.82 Å². The summed E-state index contributed by atoms with van der Waals surface area (Å²) in [4.78, 5) is 0. The molecule has 0 spiro atoms. The monoisotopic (exact) mass is 294 g/mol. The Morgan fingerprint density at radius 1 is 1.12 bits per heavy atom. The first-order chi connectivity index (χ1) is 8.06. The second-order valence-corrected chi connectivity index (χ2v) is 4.73. The number of rotatable bonds is 2. The lowest BCUT2D eigenvalue weighted by atomic mass is 10.2. The van der Waals surface area contributed by atoms with Gasteiger partial charge in [0.15, 0.2) is 0 Å². The van der Waals surface area contributed by atoms with Gasteiger partial charge in [-0.3, -0.25) is 0 Å². The molecule has 0 radical (unpaired) electrons. The minimum absolute atomic E-state index is 0.240. The van der Waals surface area contributed by atoms with Crippen LogP contribution in [-0.4, -0.2) is 0 Å². The van der Waals surface area contributed by atoms with Gasteiger partial charge in [0.05, 0.1) is 11.4 Å². The van der Waals surface area contributed by atoms with Crippen molar-refractivity contribution in [1.29, 1.82) is 0 Å². The van der Waals surface area contributed by atoms with Crippen molar-refractivity contribution in [2.45, 2.75) is 6.92 Å². The van der Waals surface area contributed by atoms with Gasteiger partial charge >= 0.3 is 0 Å². The summed E-state index contributed by atoms with van der Waals surface area (Å²) < 4.78 is 13.9. The molecule has 0 saturated heterocycles. The summed E-state index contributed by atoms with van der Waals surface area (Å²) in [7, 11) is 0. The van der Waals surface area contributed by atoms with Crippen LogP contribution in [0.2, 0.25) is 0 Å². The van der Waals surface area contributed by atoms with Gasteiger partial charge in [-0.15, -0.1) is 0 Å². The van der Waals surface area contributed by atoms with Crippen molar-refractivity contribution in [2.24, 2.45) is 0 Å². The van der Waals surface area contributed by atoms with Crippen LogP contribution in [0.4, 0.5) is 21.5 Å². The zero-order valence-electron chi connectivity index (χ0n) is 9.30. The van der Waals surface area contributed by atoms with Crippen LogP contribution in [0.25, 0.3) is 0 Å². The number of anilines is 3. The Kier molecular flexibility index (Phi) is 3.33. The van der Waals surface area contributed by atoms with Crippen molar-refractivity contribution in [3.05, 3.63) is 52.3 Å². The van der Waals surface area contributed by atoms with E-state index in [-0.39, 0.29) is 5.82 Å². The van der Waals surface area contributed by atoms with E-state index in [9.17, 15) is 4.39 Å². The first kappa shape index (κ1) is 11.9. The Balaban J connectivity index is 2.34. The second kappa shape index (κ2) is 4.75. The number of hydrogen-bond donors (Lipinski definition) is 2. The van der Waals surface area contributed by atoms with E-state index in [1.54, 1.807) is 6.07 Å². The number of aryl methyl sites for hydroxylation is 1. The lowest BCUT2D eigenvalue weighted by Gasteiger charge is -2.12. The lowest BCUT2D eigenvalue weighted by Crippen LogP contribution is -1.98. The molecule has 0 saturated carbocycles. The fourth-order valence-electron chi connectivity index (χ4n) is 1.55. The third-order valence-corrected chi connectivity index (χ3v) is 2.97. The fraction of sp³-hybridized carbons (Fsp3) is 0.0769. The topological polar surface area (TPSA) is 38.0 Å². The molecule has 4 heteroatoms. The summed E-state index contributed by atoms with van der Waals surface area (Å²) in [6, 6.07) is 10.2. The van der Waals surface area contributed by atoms with Crippen LogP contribution in [0.5, 0.6) is 0 Å². The maximum atomic E-state index is 13.0. The van der Waals surface area contributed by atoms with Gasteiger partial charge in [0, 0.05) is 10.2 Å². The number of hydrogen-bond acceptors (Lipinski definition) is 2. The largest absolute Gasteiger partial charge is 0.397 e. The second-order valence-electron chi connectivity index (χ2n) is 3.82. The smallest absolute Gasteiger partial charge is 0.123 e. The molecule has 0 atom stereocenters. The molecule has 0 aliphatic heterocycles. The van der Waals surface area contributed by atoms with E-state index in [4.69, 9.17) is 5.73 Å². The van der Waals surface area contributed by atoms with Gasteiger partial charge in [-0.25, -0.2) is 4.39 Å². The summed E-state index contributed by atoms with van der Waals surface area (Å²) in [6.07, 6.45) is 0. The van der Waals surface area contributed by atoms with Crippen molar-refractivity contribution in [2.75, 3.05) is 11.1 Å². The Morgan fingerprint density at radius 3 is 2.59 bits per heavy atom. The van der Waals surface area contributed by atoms with Crippen molar-refractivity contribution in [3.63, 3.8) is 0 Å². The summed E-state index contributed by atoms with van der Waals surface area (Å²) in [5, 5.41) is 3.19. The Morgan fingerprint density at radius 2 is 1.88 bits per heavy atom. The van der Waals surface area contributed by atoms with Crippen molar-refractivity contribution >= 4 is 33.0 Å². The molecule has 0 aliphatic rings. The maximum Gasteiger partial charge on any atom is 0.123 e. The zero-order chi connectivity index (χ0) is 12.4. The molecule has 2 rings (SSSR count). The molecule has 2 nitrogen and oxygen atoms in total. The van der Waals surface area contributed by atoms with E-state index in [2.05, 4.69) is 21.2 Å². The summed E-state index contributed by atoms with van der Waals surface area (Å²) in [5.74, 6) is -0.240. The fourth-order valence-corrected chi connectivity index (χ4v) is 1.91. The average molecular weight is 295 g/mol. The normalized spacial score (nSPS) is 10.3. The number of nitrogen functional groups attached to an aromatic ring is 1. The molecule has 88 valence electrons. The highest BCUT2D eigenvalue weighted by atomic mass is 79.9. The van der Waals surface area contributed by atoms with Crippen molar-refractivity contribution < 1.29 is 4.39 Å². The van der Waals surface area contributed by atoms with Gasteiger partial charge in [0.25, 0.3) is 0 Å². The molecule has 0 aromatic heterocycles. The highest BCUT2D eigenvalue weighted by Crippen LogP contribution is 2.28. The summed E-state index contributed by atoms with van der Waals surface area (Å²) >= 11 is 3.38. The van der Waals surface area contributed by atoms with Crippen molar-refractivity contribution in [3.8, 4) is 0 Å². The predicted octanol–water partition coefficient (Wildman–Crippen LogP) is 4.22. The molecular weight excluding hydrogens is 283 g/mol. The Bertz CT molecular complexity index is 555. The van der Waals surface area contributed by atoms with E-state index in [1.165, 1.54) is 12.1 Å². The van der Waals surface area contributed by atoms with E-state index in [0.29, 0.717) is 5.69 Å². The Hall–Kier alpha value is -1.55. The summed E-state index contributed by atoms with van der Waals surface area (Å²) in [5.41, 5.74) is 8.99. The van der Waals surface area contributed by atoms with E-state index in [1.807, 2.05) is 25.1 Å². The predicted molar refractivity (Wildman–Crippen MR) is 73.0 cm³/mol. The molecule has 0 aliphatic carbocycles. The average Bonchev–Trinajstić information content (AvgIpc) is 2.27. The van der Waals surface area contributed by atoms with E-state index in [0.717, 1.165) is 21.4 Å². The number of halogens is 2. The number of benzene rings is 2. The van der Waals surface area contributed by atoms with Gasteiger partial charge in [-0.05, 0) is 48.9 Å². The third-order valence-electron chi connectivity index (χ3n) is 2.47.